The molecule has 1 aromatic carbocycles. The molecule has 0 bridgehead atoms. The minimum absolute atomic E-state index is 0.0932. The van der Waals surface area contributed by atoms with Crippen molar-refractivity contribution < 1.29 is 14.3 Å². The zero-order valence-electron chi connectivity index (χ0n) is 15.0. The topological polar surface area (TPSA) is 46.6 Å². The molecule has 0 radical (unpaired) electrons. The molecule has 0 fully saturated rings. The highest BCUT2D eigenvalue weighted by Crippen LogP contribution is 2.13. The Morgan fingerprint density at radius 3 is 2.30 bits per heavy atom. The number of methoxy groups -OCH3 is 1. The number of benzene rings is 1. The average Bonchev–Trinajstić information content (AvgIpc) is 2.57. The lowest BCUT2D eigenvalue weighted by Gasteiger charge is -2.30. The fourth-order valence-corrected chi connectivity index (χ4v) is 2.47. The molecular formula is C19H29NO3. The van der Waals surface area contributed by atoms with Crippen molar-refractivity contribution in [1.29, 1.82) is 0 Å². The van der Waals surface area contributed by atoms with Gasteiger partial charge in [-0.3, -0.25) is 9.59 Å². The maximum absolute atomic E-state index is 12.6. The van der Waals surface area contributed by atoms with Crippen LogP contribution in [-0.4, -0.2) is 36.5 Å². The van der Waals surface area contributed by atoms with Gasteiger partial charge in [0.15, 0.2) is 0 Å². The highest BCUT2D eigenvalue weighted by molar-refractivity contribution is 5.78. The molecule has 128 valence electrons. The molecule has 2 unspecified atom stereocenters. The molecule has 0 saturated heterocycles. The number of hydrogen-bond donors (Lipinski definition) is 0. The number of ether oxygens (including phenoxy) is 1. The van der Waals surface area contributed by atoms with Gasteiger partial charge in [-0.05, 0) is 32.3 Å². The minimum Gasteiger partial charge on any atom is -0.469 e. The van der Waals surface area contributed by atoms with Gasteiger partial charge in [-0.2, -0.15) is 0 Å². The normalized spacial score (nSPS) is 13.3. The molecule has 23 heavy (non-hydrogen) atoms. The van der Waals surface area contributed by atoms with Crippen molar-refractivity contribution in [2.45, 2.75) is 53.0 Å². The summed E-state index contributed by atoms with van der Waals surface area (Å²) in [7, 11) is 1.38. The van der Waals surface area contributed by atoms with E-state index in [1.807, 2.05) is 25.7 Å². The first-order chi connectivity index (χ1) is 10.9. The van der Waals surface area contributed by atoms with Crippen LogP contribution in [0.3, 0.4) is 0 Å². The number of rotatable bonds is 8. The number of carbonyl (C=O) groups excluding carboxylic acids is 2. The first-order valence-corrected chi connectivity index (χ1v) is 8.31. The van der Waals surface area contributed by atoms with Gasteiger partial charge in [-0.15, -0.1) is 0 Å². The summed E-state index contributed by atoms with van der Waals surface area (Å²) in [5.74, 6) is -0.488. The lowest BCUT2D eigenvalue weighted by molar-refractivity contribution is -0.147. The van der Waals surface area contributed by atoms with Crippen LogP contribution >= 0.6 is 0 Å². The number of nitrogens with zero attached hydrogens (tertiary/aromatic N) is 1. The van der Waals surface area contributed by atoms with Gasteiger partial charge in [-0.25, -0.2) is 0 Å². The van der Waals surface area contributed by atoms with Gasteiger partial charge in [0.05, 0.1) is 13.0 Å². The summed E-state index contributed by atoms with van der Waals surface area (Å²) < 4.78 is 4.77. The van der Waals surface area contributed by atoms with Crippen LogP contribution in [0.1, 0.15) is 44.7 Å². The first-order valence-electron chi connectivity index (χ1n) is 8.31. The third-order valence-electron chi connectivity index (χ3n) is 4.27. The number of amides is 1. The molecule has 0 aliphatic carbocycles. The highest BCUT2D eigenvalue weighted by atomic mass is 16.5. The maximum Gasteiger partial charge on any atom is 0.310 e. The Bertz CT molecular complexity index is 510. The van der Waals surface area contributed by atoms with E-state index in [2.05, 4.69) is 24.3 Å². The molecular weight excluding hydrogens is 290 g/mol. The Labute approximate surface area is 139 Å². The molecule has 0 aromatic heterocycles. The molecule has 0 saturated carbocycles. The molecule has 0 N–H and O–H groups in total. The van der Waals surface area contributed by atoms with Crippen molar-refractivity contribution in [1.82, 2.24) is 4.90 Å². The van der Waals surface area contributed by atoms with E-state index < -0.39 is 0 Å². The summed E-state index contributed by atoms with van der Waals surface area (Å²) in [5, 5.41) is 0. The highest BCUT2D eigenvalue weighted by Gasteiger charge is 2.24. The van der Waals surface area contributed by atoms with Crippen LogP contribution in [0.25, 0.3) is 0 Å². The number of carbonyl (C=O) groups is 2. The van der Waals surface area contributed by atoms with Gasteiger partial charge in [0.1, 0.15) is 0 Å². The molecule has 4 heteroatoms. The molecule has 1 rings (SSSR count). The Kier molecular flexibility index (Phi) is 7.79. The van der Waals surface area contributed by atoms with E-state index >= 15 is 0 Å². The molecule has 2 atom stereocenters. The van der Waals surface area contributed by atoms with Gasteiger partial charge >= 0.3 is 5.97 Å². The second kappa shape index (κ2) is 9.33. The monoisotopic (exact) mass is 319 g/mol. The van der Waals surface area contributed by atoms with Crippen molar-refractivity contribution in [3.05, 3.63) is 35.4 Å². The van der Waals surface area contributed by atoms with Crippen LogP contribution in [0.5, 0.6) is 0 Å². The third-order valence-corrected chi connectivity index (χ3v) is 4.27. The Morgan fingerprint density at radius 1 is 1.17 bits per heavy atom. The molecule has 4 nitrogen and oxygen atoms in total. The predicted octanol–water partition coefficient (Wildman–Crippen LogP) is 3.36. The van der Waals surface area contributed by atoms with Crippen LogP contribution < -0.4 is 0 Å². The van der Waals surface area contributed by atoms with Crippen molar-refractivity contribution in [2.75, 3.05) is 13.7 Å². The Morgan fingerprint density at radius 2 is 1.78 bits per heavy atom. The zero-order chi connectivity index (χ0) is 17.4. The molecule has 0 aliphatic heterocycles. The van der Waals surface area contributed by atoms with Gasteiger partial charge in [0.2, 0.25) is 5.91 Å². The van der Waals surface area contributed by atoms with Gasteiger partial charge in [0.25, 0.3) is 0 Å². The van der Waals surface area contributed by atoms with Crippen molar-refractivity contribution in [3.8, 4) is 0 Å². The standard InChI is InChI=1S/C19H29NO3/c1-6-16(4)20(13-15(3)19(22)23-5)18(21)12-11-17-9-7-14(2)8-10-17/h7-10,15-16H,6,11-13H2,1-5H3. The van der Waals surface area contributed by atoms with E-state index in [9.17, 15) is 9.59 Å². The number of hydrogen-bond acceptors (Lipinski definition) is 3. The van der Waals surface area contributed by atoms with Crippen molar-refractivity contribution in [3.63, 3.8) is 0 Å². The van der Waals surface area contributed by atoms with Gasteiger partial charge in [0, 0.05) is 19.0 Å². The van der Waals surface area contributed by atoms with E-state index in [-0.39, 0.29) is 23.8 Å². The number of esters is 1. The fraction of sp³-hybridized carbons (Fsp3) is 0.579. The summed E-state index contributed by atoms with van der Waals surface area (Å²) in [6.07, 6.45) is 2.05. The molecule has 0 aliphatic rings. The summed E-state index contributed by atoms with van der Waals surface area (Å²) in [6, 6.07) is 8.37. The van der Waals surface area contributed by atoms with Crippen molar-refractivity contribution >= 4 is 11.9 Å². The Balaban J connectivity index is 2.68. The second-order valence-corrected chi connectivity index (χ2v) is 6.21. The molecule has 1 amide bonds. The third kappa shape index (κ3) is 6.05. The van der Waals surface area contributed by atoms with Crippen LogP contribution in [0, 0.1) is 12.8 Å². The quantitative estimate of drug-likeness (QED) is 0.690. The summed E-state index contributed by atoms with van der Waals surface area (Å²) >= 11 is 0. The fourth-order valence-electron chi connectivity index (χ4n) is 2.47. The largest absolute Gasteiger partial charge is 0.469 e. The van der Waals surface area contributed by atoms with Gasteiger partial charge < -0.3 is 9.64 Å². The van der Waals surface area contributed by atoms with E-state index in [4.69, 9.17) is 4.74 Å². The van der Waals surface area contributed by atoms with Crippen LogP contribution in [0.2, 0.25) is 0 Å². The average molecular weight is 319 g/mol. The van der Waals surface area contributed by atoms with Gasteiger partial charge in [-0.1, -0.05) is 43.7 Å². The smallest absolute Gasteiger partial charge is 0.310 e. The SMILES string of the molecule is CCC(C)N(CC(C)C(=O)OC)C(=O)CCc1ccc(C)cc1. The molecule has 1 aromatic rings. The minimum atomic E-state index is -0.308. The molecule has 0 spiro atoms. The second-order valence-electron chi connectivity index (χ2n) is 6.21. The maximum atomic E-state index is 12.6. The predicted molar refractivity (Wildman–Crippen MR) is 92.1 cm³/mol. The van der Waals surface area contributed by atoms with E-state index in [0.717, 1.165) is 18.4 Å². The van der Waals surface area contributed by atoms with Crippen LogP contribution in [-0.2, 0) is 20.7 Å². The van der Waals surface area contributed by atoms with Crippen LogP contribution in [0.15, 0.2) is 24.3 Å². The van der Waals surface area contributed by atoms with E-state index in [1.165, 1.54) is 12.7 Å². The Hall–Kier alpha value is -1.84. The van der Waals surface area contributed by atoms with Crippen LogP contribution in [0.4, 0.5) is 0 Å². The summed E-state index contributed by atoms with van der Waals surface area (Å²) in [5.41, 5.74) is 2.38. The molecule has 0 heterocycles. The summed E-state index contributed by atoms with van der Waals surface area (Å²) in [4.78, 5) is 26.1. The lowest BCUT2D eigenvalue weighted by atomic mass is 10.1. The van der Waals surface area contributed by atoms with E-state index in [0.29, 0.717) is 13.0 Å². The summed E-state index contributed by atoms with van der Waals surface area (Å²) in [6.45, 7) is 8.33. The van der Waals surface area contributed by atoms with Crippen molar-refractivity contribution in [2.24, 2.45) is 5.92 Å². The zero-order valence-corrected chi connectivity index (χ0v) is 15.0. The first kappa shape index (κ1) is 19.2. The lowest BCUT2D eigenvalue weighted by Crippen LogP contribution is -2.42. The number of aryl methyl sites for hydroxylation is 2. The van der Waals surface area contributed by atoms with E-state index in [1.54, 1.807) is 6.92 Å².